The number of aliphatic carboxylic acids is 2. The van der Waals surface area contributed by atoms with Gasteiger partial charge >= 0.3 is 11.9 Å². The molecule has 4 atom stereocenters. The summed E-state index contributed by atoms with van der Waals surface area (Å²) in [5, 5.41) is 24.7. The number of hydrogen-bond donors (Lipinski definition) is 7. The molecule has 0 saturated carbocycles. The molecule has 0 aromatic heterocycles. The van der Waals surface area contributed by atoms with Crippen LogP contribution < -0.4 is 27.4 Å². The van der Waals surface area contributed by atoms with E-state index in [2.05, 4.69) is 10.6 Å². The molecule has 9 N–H and O–H groups in total. The number of nitrogens with two attached hydrogens (primary N) is 2. The van der Waals surface area contributed by atoms with Gasteiger partial charge in [-0.05, 0) is 19.3 Å². The minimum atomic E-state index is -1.70. The Hall–Kier alpha value is -3.22. The van der Waals surface area contributed by atoms with Crippen LogP contribution in [-0.2, 0) is 28.8 Å². The second kappa shape index (κ2) is 12.4. The fraction of sp³-hybridized carbons (Fsp3) is 0.647. The highest BCUT2D eigenvalue weighted by atomic mass is 16.4. The van der Waals surface area contributed by atoms with Gasteiger partial charge in [-0.2, -0.15) is 0 Å². The van der Waals surface area contributed by atoms with Crippen molar-refractivity contribution in [2.45, 2.75) is 64.2 Å². The molecule has 0 aromatic rings. The van der Waals surface area contributed by atoms with Crippen molar-refractivity contribution in [1.29, 1.82) is 0 Å². The number of primary amides is 1. The minimum absolute atomic E-state index is 0.0483. The number of carboxylic acids is 2. The van der Waals surface area contributed by atoms with E-state index in [9.17, 15) is 28.8 Å². The Labute approximate surface area is 172 Å². The summed E-state index contributed by atoms with van der Waals surface area (Å²) in [7, 11) is 0. The molecule has 0 saturated heterocycles. The number of carbonyl (C=O) groups excluding carboxylic acids is 4. The fourth-order valence-corrected chi connectivity index (χ4v) is 2.34. The summed E-state index contributed by atoms with van der Waals surface area (Å²) in [6, 6.07) is -5.37. The molecule has 170 valence electrons. The van der Waals surface area contributed by atoms with Crippen molar-refractivity contribution < 1.29 is 39.0 Å². The monoisotopic (exact) mass is 431 g/mol. The van der Waals surface area contributed by atoms with Crippen LogP contribution in [-0.4, -0.2) is 69.9 Å². The second-order valence-electron chi connectivity index (χ2n) is 7.21. The molecule has 0 rings (SSSR count). The smallest absolute Gasteiger partial charge is 0.326 e. The predicted octanol–water partition coefficient (Wildman–Crippen LogP) is -2.73. The molecule has 0 aliphatic rings. The van der Waals surface area contributed by atoms with Gasteiger partial charge in [0.15, 0.2) is 0 Å². The third-order valence-electron chi connectivity index (χ3n) is 3.79. The molecular weight excluding hydrogens is 402 g/mol. The molecule has 0 aliphatic heterocycles. The molecule has 13 nitrogen and oxygen atoms in total. The van der Waals surface area contributed by atoms with Crippen molar-refractivity contribution in [2.24, 2.45) is 17.4 Å². The lowest BCUT2D eigenvalue weighted by Gasteiger charge is -2.25. The van der Waals surface area contributed by atoms with E-state index in [1.807, 2.05) is 5.32 Å². The van der Waals surface area contributed by atoms with Crippen molar-refractivity contribution in [3.8, 4) is 0 Å². The first-order valence-electron chi connectivity index (χ1n) is 9.14. The lowest BCUT2D eigenvalue weighted by molar-refractivity contribution is -0.144. The molecule has 0 aromatic carbocycles. The van der Waals surface area contributed by atoms with Gasteiger partial charge in [-0.15, -0.1) is 0 Å². The Morgan fingerprint density at radius 1 is 0.767 bits per heavy atom. The normalized spacial score (nSPS) is 14.7. The average molecular weight is 431 g/mol. The summed E-state index contributed by atoms with van der Waals surface area (Å²) >= 11 is 0. The maximum absolute atomic E-state index is 12.6. The summed E-state index contributed by atoms with van der Waals surface area (Å²) < 4.78 is 0. The van der Waals surface area contributed by atoms with Crippen LogP contribution in [0.15, 0.2) is 0 Å². The number of rotatable bonds is 13. The van der Waals surface area contributed by atoms with Crippen molar-refractivity contribution in [1.82, 2.24) is 16.0 Å². The maximum atomic E-state index is 12.6. The molecule has 30 heavy (non-hydrogen) atoms. The van der Waals surface area contributed by atoms with E-state index < -0.39 is 72.6 Å². The van der Waals surface area contributed by atoms with Gasteiger partial charge in [0, 0.05) is 0 Å². The Bertz CT molecular complexity index is 679. The van der Waals surface area contributed by atoms with Crippen molar-refractivity contribution in [2.75, 3.05) is 0 Å². The molecule has 0 aliphatic carbocycles. The van der Waals surface area contributed by atoms with Gasteiger partial charge in [0.05, 0.1) is 18.9 Å². The molecule has 4 unspecified atom stereocenters. The molecular formula is C17H29N5O8. The number of carbonyl (C=O) groups is 6. The lowest BCUT2D eigenvalue weighted by Crippen LogP contribution is -2.57. The Kier molecular flexibility index (Phi) is 11.0. The van der Waals surface area contributed by atoms with Gasteiger partial charge in [0.1, 0.15) is 18.1 Å². The Balaban J connectivity index is 5.47. The highest BCUT2D eigenvalue weighted by Gasteiger charge is 2.32. The van der Waals surface area contributed by atoms with Gasteiger partial charge in [-0.25, -0.2) is 4.79 Å². The SMILES string of the molecule is CC(C)CC(NC(=O)C(C)N)C(=O)NC(CC(=O)O)C(=O)NC(CC(N)=O)C(=O)O. The molecule has 13 heteroatoms. The Morgan fingerprint density at radius 3 is 1.63 bits per heavy atom. The molecule has 0 bridgehead atoms. The average Bonchev–Trinajstić information content (AvgIpc) is 2.58. The van der Waals surface area contributed by atoms with E-state index in [1.165, 1.54) is 6.92 Å². The summed E-state index contributed by atoms with van der Waals surface area (Å²) in [6.07, 6.45) is -1.42. The van der Waals surface area contributed by atoms with Crippen LogP contribution in [0.25, 0.3) is 0 Å². The number of hydrogen-bond acceptors (Lipinski definition) is 7. The molecule has 0 radical (unpaired) electrons. The summed E-state index contributed by atoms with van der Waals surface area (Å²) in [5.74, 6) is -6.67. The first-order valence-corrected chi connectivity index (χ1v) is 9.14. The third kappa shape index (κ3) is 10.4. The predicted molar refractivity (Wildman–Crippen MR) is 103 cm³/mol. The van der Waals surface area contributed by atoms with Crippen LogP contribution in [0.3, 0.4) is 0 Å². The first-order chi connectivity index (χ1) is 13.7. The first kappa shape index (κ1) is 26.8. The van der Waals surface area contributed by atoms with Crippen LogP contribution in [0.2, 0.25) is 0 Å². The van der Waals surface area contributed by atoms with Gasteiger partial charge in [0.2, 0.25) is 23.6 Å². The second-order valence-corrected chi connectivity index (χ2v) is 7.21. The topological polar surface area (TPSA) is 231 Å². The van der Waals surface area contributed by atoms with Crippen molar-refractivity contribution in [3.05, 3.63) is 0 Å². The summed E-state index contributed by atoms with van der Waals surface area (Å²) in [4.78, 5) is 70.1. The molecule has 0 heterocycles. The Morgan fingerprint density at radius 2 is 1.23 bits per heavy atom. The van der Waals surface area contributed by atoms with Crippen LogP contribution in [0.5, 0.6) is 0 Å². The zero-order valence-corrected chi connectivity index (χ0v) is 17.0. The van der Waals surface area contributed by atoms with Gasteiger partial charge < -0.3 is 37.6 Å². The number of amides is 4. The van der Waals surface area contributed by atoms with Gasteiger partial charge in [-0.1, -0.05) is 13.8 Å². The number of carboxylic acid groups (broad SMARTS) is 2. The molecule has 0 fully saturated rings. The third-order valence-corrected chi connectivity index (χ3v) is 3.79. The largest absolute Gasteiger partial charge is 0.481 e. The quantitative estimate of drug-likeness (QED) is 0.160. The fourth-order valence-electron chi connectivity index (χ4n) is 2.34. The van der Waals surface area contributed by atoms with E-state index in [0.29, 0.717) is 0 Å². The van der Waals surface area contributed by atoms with E-state index in [1.54, 1.807) is 13.8 Å². The van der Waals surface area contributed by atoms with Gasteiger partial charge in [0.25, 0.3) is 0 Å². The summed E-state index contributed by atoms with van der Waals surface area (Å²) in [6.45, 7) is 4.97. The van der Waals surface area contributed by atoms with Crippen LogP contribution in [0, 0.1) is 5.92 Å². The van der Waals surface area contributed by atoms with Crippen LogP contribution in [0.4, 0.5) is 0 Å². The maximum Gasteiger partial charge on any atom is 0.326 e. The van der Waals surface area contributed by atoms with E-state index in [-0.39, 0.29) is 12.3 Å². The summed E-state index contributed by atoms with van der Waals surface area (Å²) in [5.41, 5.74) is 10.4. The minimum Gasteiger partial charge on any atom is -0.481 e. The number of nitrogens with one attached hydrogen (secondary N) is 3. The van der Waals surface area contributed by atoms with Crippen molar-refractivity contribution >= 4 is 35.6 Å². The highest BCUT2D eigenvalue weighted by Crippen LogP contribution is 2.07. The molecule has 4 amide bonds. The standard InChI is InChI=1S/C17H29N5O8/c1-7(2)4-9(20-14(26)8(3)18)15(27)21-10(6-13(24)25)16(28)22-11(17(29)30)5-12(19)23/h7-11H,4-6,18H2,1-3H3,(H2,19,23)(H,20,26)(H,21,27)(H,22,28)(H,24,25)(H,29,30). The molecule has 0 spiro atoms. The van der Waals surface area contributed by atoms with Crippen LogP contribution >= 0.6 is 0 Å². The van der Waals surface area contributed by atoms with E-state index in [0.717, 1.165) is 0 Å². The van der Waals surface area contributed by atoms with Gasteiger partial charge in [-0.3, -0.25) is 24.0 Å². The van der Waals surface area contributed by atoms with E-state index >= 15 is 0 Å². The zero-order chi connectivity index (χ0) is 23.6. The van der Waals surface area contributed by atoms with Crippen molar-refractivity contribution in [3.63, 3.8) is 0 Å². The lowest BCUT2D eigenvalue weighted by atomic mass is 10.0. The highest BCUT2D eigenvalue weighted by molar-refractivity contribution is 5.96. The van der Waals surface area contributed by atoms with Crippen LogP contribution in [0.1, 0.15) is 40.0 Å². The van der Waals surface area contributed by atoms with E-state index in [4.69, 9.17) is 21.7 Å². The zero-order valence-electron chi connectivity index (χ0n) is 17.0.